The van der Waals surface area contributed by atoms with E-state index in [9.17, 15) is 14.4 Å². The standard InChI is InChI=1S/C19H28N2O5/c1-18(2,3)25-15(22)11-14(17(24)26-19(4,5)6)21-16(23)12-7-9-13(20)10-8-12/h7-10,14H,11,20H2,1-6H3,(H,21,23). The van der Waals surface area contributed by atoms with Gasteiger partial charge in [-0.25, -0.2) is 4.79 Å². The van der Waals surface area contributed by atoms with Crippen molar-refractivity contribution in [2.75, 3.05) is 5.73 Å². The van der Waals surface area contributed by atoms with Crippen molar-refractivity contribution in [3.63, 3.8) is 0 Å². The smallest absolute Gasteiger partial charge is 0.329 e. The van der Waals surface area contributed by atoms with Crippen molar-refractivity contribution in [1.29, 1.82) is 0 Å². The topological polar surface area (TPSA) is 108 Å². The Morgan fingerprint density at radius 2 is 1.46 bits per heavy atom. The van der Waals surface area contributed by atoms with Crippen LogP contribution in [0.1, 0.15) is 58.3 Å². The maximum atomic E-state index is 12.4. The van der Waals surface area contributed by atoms with E-state index in [1.807, 2.05) is 0 Å². The number of anilines is 1. The van der Waals surface area contributed by atoms with Crippen LogP contribution in [-0.4, -0.2) is 35.1 Å². The molecule has 7 nitrogen and oxygen atoms in total. The van der Waals surface area contributed by atoms with Gasteiger partial charge in [0.1, 0.15) is 17.2 Å². The third-order valence-electron chi connectivity index (χ3n) is 2.96. The van der Waals surface area contributed by atoms with Gasteiger partial charge >= 0.3 is 11.9 Å². The Morgan fingerprint density at radius 1 is 0.962 bits per heavy atom. The summed E-state index contributed by atoms with van der Waals surface area (Å²) in [7, 11) is 0. The summed E-state index contributed by atoms with van der Waals surface area (Å²) >= 11 is 0. The normalized spacial score (nSPS) is 12.8. The molecular weight excluding hydrogens is 336 g/mol. The third kappa shape index (κ3) is 8.00. The SMILES string of the molecule is CC(C)(C)OC(=O)CC(NC(=O)c1ccc(N)cc1)C(=O)OC(C)(C)C. The number of ether oxygens (including phenoxy) is 2. The first-order chi connectivity index (χ1) is 11.8. The lowest BCUT2D eigenvalue weighted by molar-refractivity contribution is -0.164. The molecule has 26 heavy (non-hydrogen) atoms. The Bertz CT molecular complexity index is 654. The van der Waals surface area contributed by atoms with Crippen molar-refractivity contribution in [3.8, 4) is 0 Å². The first kappa shape index (κ1) is 21.5. The van der Waals surface area contributed by atoms with Gasteiger partial charge in [-0.15, -0.1) is 0 Å². The molecule has 0 radical (unpaired) electrons. The predicted octanol–water partition coefficient (Wildman–Crippen LogP) is 2.44. The van der Waals surface area contributed by atoms with E-state index < -0.39 is 35.1 Å². The third-order valence-corrected chi connectivity index (χ3v) is 2.96. The van der Waals surface area contributed by atoms with E-state index in [1.54, 1.807) is 53.7 Å². The molecule has 0 aliphatic carbocycles. The molecule has 0 saturated carbocycles. The van der Waals surface area contributed by atoms with Gasteiger partial charge in [0, 0.05) is 11.3 Å². The molecule has 7 heteroatoms. The highest BCUT2D eigenvalue weighted by Crippen LogP contribution is 2.14. The van der Waals surface area contributed by atoms with Gasteiger partial charge in [0.2, 0.25) is 0 Å². The van der Waals surface area contributed by atoms with Gasteiger partial charge in [-0.2, -0.15) is 0 Å². The molecule has 1 aromatic carbocycles. The number of rotatable bonds is 5. The van der Waals surface area contributed by atoms with Crippen molar-refractivity contribution in [3.05, 3.63) is 29.8 Å². The van der Waals surface area contributed by atoms with Crippen LogP contribution in [0.2, 0.25) is 0 Å². The Balaban J connectivity index is 2.92. The van der Waals surface area contributed by atoms with Crippen LogP contribution in [0.25, 0.3) is 0 Å². The number of carbonyl (C=O) groups is 3. The molecule has 1 unspecified atom stereocenters. The fourth-order valence-corrected chi connectivity index (χ4v) is 1.99. The summed E-state index contributed by atoms with van der Waals surface area (Å²) < 4.78 is 10.5. The number of nitrogens with two attached hydrogens (primary N) is 1. The van der Waals surface area contributed by atoms with Crippen LogP contribution in [0.3, 0.4) is 0 Å². The lowest BCUT2D eigenvalue weighted by Gasteiger charge is -2.25. The highest BCUT2D eigenvalue weighted by atomic mass is 16.6. The van der Waals surface area contributed by atoms with Gasteiger partial charge in [-0.3, -0.25) is 9.59 Å². The Kier molecular flexibility index (Phi) is 6.78. The van der Waals surface area contributed by atoms with Crippen LogP contribution in [0.4, 0.5) is 5.69 Å². The molecule has 0 spiro atoms. The molecule has 1 atom stereocenters. The fourth-order valence-electron chi connectivity index (χ4n) is 1.99. The molecule has 144 valence electrons. The second-order valence-electron chi connectivity index (χ2n) is 7.97. The fraction of sp³-hybridized carbons (Fsp3) is 0.526. The van der Waals surface area contributed by atoms with E-state index in [1.165, 1.54) is 12.1 Å². The quantitative estimate of drug-likeness (QED) is 0.614. The molecule has 1 amide bonds. The van der Waals surface area contributed by atoms with E-state index in [4.69, 9.17) is 15.2 Å². The molecule has 3 N–H and O–H groups in total. The van der Waals surface area contributed by atoms with Crippen molar-refractivity contribution in [2.24, 2.45) is 0 Å². The predicted molar refractivity (Wildman–Crippen MR) is 98.4 cm³/mol. The number of nitrogens with one attached hydrogen (secondary N) is 1. The number of benzene rings is 1. The molecule has 0 fully saturated rings. The van der Waals surface area contributed by atoms with Gasteiger partial charge < -0.3 is 20.5 Å². The minimum Gasteiger partial charge on any atom is -0.460 e. The monoisotopic (exact) mass is 364 g/mol. The molecule has 0 aromatic heterocycles. The minimum absolute atomic E-state index is 0.317. The summed E-state index contributed by atoms with van der Waals surface area (Å²) in [5, 5.41) is 2.54. The highest BCUT2D eigenvalue weighted by molar-refractivity contribution is 5.97. The average molecular weight is 364 g/mol. The minimum atomic E-state index is -1.16. The number of amides is 1. The summed E-state index contributed by atoms with van der Waals surface area (Å²) in [5.41, 5.74) is 4.98. The summed E-state index contributed by atoms with van der Waals surface area (Å²) in [4.78, 5) is 36.9. The summed E-state index contributed by atoms with van der Waals surface area (Å²) in [6.45, 7) is 10.3. The number of nitrogen functional groups attached to an aromatic ring is 1. The van der Waals surface area contributed by atoms with E-state index in [-0.39, 0.29) is 6.42 Å². The summed E-state index contributed by atoms with van der Waals surface area (Å²) in [6, 6.07) is 5.06. The van der Waals surface area contributed by atoms with Crippen LogP contribution < -0.4 is 11.1 Å². The van der Waals surface area contributed by atoms with Crippen molar-refractivity contribution < 1.29 is 23.9 Å². The first-order valence-corrected chi connectivity index (χ1v) is 8.38. The molecule has 0 aliphatic rings. The lowest BCUT2D eigenvalue weighted by atomic mass is 10.1. The van der Waals surface area contributed by atoms with Gasteiger partial charge in [0.05, 0.1) is 6.42 Å². The Labute approximate surface area is 154 Å². The molecular formula is C19H28N2O5. The Morgan fingerprint density at radius 3 is 1.92 bits per heavy atom. The highest BCUT2D eigenvalue weighted by Gasteiger charge is 2.31. The van der Waals surface area contributed by atoms with Crippen molar-refractivity contribution in [1.82, 2.24) is 5.32 Å². The number of hydrogen-bond donors (Lipinski definition) is 2. The summed E-state index contributed by atoms with van der Waals surface area (Å²) in [6.07, 6.45) is -0.326. The van der Waals surface area contributed by atoms with Crippen LogP contribution in [-0.2, 0) is 19.1 Å². The van der Waals surface area contributed by atoms with Gasteiger partial charge in [0.25, 0.3) is 5.91 Å². The zero-order valence-corrected chi connectivity index (χ0v) is 16.2. The van der Waals surface area contributed by atoms with Crippen molar-refractivity contribution in [2.45, 2.75) is 65.2 Å². The second kappa shape index (κ2) is 8.21. The van der Waals surface area contributed by atoms with Gasteiger partial charge in [-0.05, 0) is 65.8 Å². The van der Waals surface area contributed by atoms with Crippen LogP contribution >= 0.6 is 0 Å². The molecule has 0 bridgehead atoms. The van der Waals surface area contributed by atoms with E-state index in [2.05, 4.69) is 5.32 Å². The molecule has 1 rings (SSSR count). The van der Waals surface area contributed by atoms with Gasteiger partial charge in [-0.1, -0.05) is 0 Å². The van der Waals surface area contributed by atoms with Crippen LogP contribution in [0.15, 0.2) is 24.3 Å². The van der Waals surface area contributed by atoms with E-state index in [0.29, 0.717) is 11.3 Å². The maximum Gasteiger partial charge on any atom is 0.329 e. The zero-order valence-electron chi connectivity index (χ0n) is 16.2. The van der Waals surface area contributed by atoms with Crippen LogP contribution in [0.5, 0.6) is 0 Å². The van der Waals surface area contributed by atoms with Crippen molar-refractivity contribution >= 4 is 23.5 Å². The molecule has 1 aromatic rings. The number of esters is 2. The van der Waals surface area contributed by atoms with Crippen LogP contribution in [0, 0.1) is 0 Å². The number of hydrogen-bond acceptors (Lipinski definition) is 6. The molecule has 0 heterocycles. The Hall–Kier alpha value is -2.57. The largest absolute Gasteiger partial charge is 0.460 e. The summed E-state index contributed by atoms with van der Waals surface area (Å²) in [5.74, 6) is -1.82. The second-order valence-corrected chi connectivity index (χ2v) is 7.97. The average Bonchev–Trinajstić information content (AvgIpc) is 2.43. The number of carbonyl (C=O) groups excluding carboxylic acids is 3. The molecule has 0 saturated heterocycles. The van der Waals surface area contributed by atoms with Gasteiger partial charge in [0.15, 0.2) is 0 Å². The van der Waals surface area contributed by atoms with E-state index >= 15 is 0 Å². The maximum absolute atomic E-state index is 12.4. The molecule has 0 aliphatic heterocycles. The first-order valence-electron chi connectivity index (χ1n) is 8.38. The zero-order chi connectivity index (χ0) is 20.1. The van der Waals surface area contributed by atoms with E-state index in [0.717, 1.165) is 0 Å². The lowest BCUT2D eigenvalue weighted by Crippen LogP contribution is -2.46.